The van der Waals surface area contributed by atoms with Gasteiger partial charge in [-0.3, -0.25) is 4.79 Å². The molecule has 0 saturated heterocycles. The molecule has 14 heavy (non-hydrogen) atoms. The predicted molar refractivity (Wildman–Crippen MR) is 49.2 cm³/mol. The molecule has 0 spiro atoms. The van der Waals surface area contributed by atoms with Crippen molar-refractivity contribution in [2.24, 2.45) is 0 Å². The number of hydrogen-bond acceptors (Lipinski definition) is 4. The van der Waals surface area contributed by atoms with Crippen LogP contribution in [0.2, 0.25) is 0 Å². The fraction of sp³-hybridized carbons (Fsp3) is 0.444. The van der Waals surface area contributed by atoms with Crippen LogP contribution in [-0.2, 0) is 11.2 Å². The van der Waals surface area contributed by atoms with Crippen LogP contribution in [0, 0.1) is 0 Å². The Morgan fingerprint density at radius 3 is 3.00 bits per heavy atom. The molecule has 0 unspecified atom stereocenters. The molecule has 0 aliphatic carbocycles. The number of carboxylic acid groups (broad SMARTS) is 1. The summed E-state index contributed by atoms with van der Waals surface area (Å²) in [5.74, 6) is -0.451. The Kier molecular flexibility index (Phi) is 3.84. The van der Waals surface area contributed by atoms with Crippen LogP contribution in [0.5, 0.6) is 5.88 Å². The summed E-state index contributed by atoms with van der Waals surface area (Å²) < 4.78 is 5.13. The smallest absolute Gasteiger partial charge is 0.306 e. The number of aryl methyl sites for hydroxylation is 1. The van der Waals surface area contributed by atoms with Crippen LogP contribution in [0.1, 0.15) is 19.0 Å². The summed E-state index contributed by atoms with van der Waals surface area (Å²) in [7, 11) is 0. The van der Waals surface area contributed by atoms with E-state index in [0.29, 0.717) is 5.88 Å². The Bertz CT molecular complexity index is 315. The van der Waals surface area contributed by atoms with Crippen molar-refractivity contribution in [3.8, 4) is 5.88 Å². The SMILES string of the molecule is CCc1cc(OCCC(=O)O)ncn1. The van der Waals surface area contributed by atoms with Gasteiger partial charge in [-0.05, 0) is 6.42 Å². The summed E-state index contributed by atoms with van der Waals surface area (Å²) in [4.78, 5) is 18.1. The number of aromatic nitrogens is 2. The molecule has 0 bridgehead atoms. The van der Waals surface area contributed by atoms with E-state index in [0.717, 1.165) is 12.1 Å². The molecular formula is C9H12N2O3. The molecule has 76 valence electrons. The minimum Gasteiger partial charge on any atom is -0.481 e. The summed E-state index contributed by atoms with van der Waals surface area (Å²) in [6.07, 6.45) is 2.19. The number of nitrogens with zero attached hydrogens (tertiary/aromatic N) is 2. The van der Waals surface area contributed by atoms with Gasteiger partial charge in [0.1, 0.15) is 12.9 Å². The largest absolute Gasteiger partial charge is 0.481 e. The first-order valence-electron chi connectivity index (χ1n) is 4.38. The van der Waals surface area contributed by atoms with E-state index in [1.807, 2.05) is 6.92 Å². The highest BCUT2D eigenvalue weighted by Gasteiger charge is 2.00. The molecule has 1 heterocycles. The van der Waals surface area contributed by atoms with Crippen molar-refractivity contribution >= 4 is 5.97 Å². The number of aliphatic carboxylic acids is 1. The fourth-order valence-corrected chi connectivity index (χ4v) is 0.892. The molecule has 0 aromatic carbocycles. The lowest BCUT2D eigenvalue weighted by Crippen LogP contribution is -2.06. The maximum absolute atomic E-state index is 10.2. The molecule has 0 aliphatic heterocycles. The van der Waals surface area contributed by atoms with E-state index < -0.39 is 5.97 Å². The molecule has 1 N–H and O–H groups in total. The zero-order valence-corrected chi connectivity index (χ0v) is 7.93. The molecule has 1 aromatic rings. The molecular weight excluding hydrogens is 184 g/mol. The number of carbonyl (C=O) groups is 1. The lowest BCUT2D eigenvalue weighted by atomic mass is 10.3. The van der Waals surface area contributed by atoms with Crippen LogP contribution < -0.4 is 4.74 Å². The second-order valence-corrected chi connectivity index (χ2v) is 2.69. The van der Waals surface area contributed by atoms with Crippen molar-refractivity contribution in [1.29, 1.82) is 0 Å². The third-order valence-corrected chi connectivity index (χ3v) is 1.63. The van der Waals surface area contributed by atoms with Crippen molar-refractivity contribution in [2.45, 2.75) is 19.8 Å². The Hall–Kier alpha value is -1.65. The molecule has 0 amide bonds. The van der Waals surface area contributed by atoms with Crippen molar-refractivity contribution in [3.05, 3.63) is 18.1 Å². The summed E-state index contributed by atoms with van der Waals surface area (Å²) in [6, 6.07) is 1.71. The molecule has 0 atom stereocenters. The first-order chi connectivity index (χ1) is 6.72. The summed E-state index contributed by atoms with van der Waals surface area (Å²) in [5, 5.41) is 8.38. The van der Waals surface area contributed by atoms with Crippen LogP contribution >= 0.6 is 0 Å². The predicted octanol–water partition coefficient (Wildman–Crippen LogP) is 0.892. The second-order valence-electron chi connectivity index (χ2n) is 2.69. The van der Waals surface area contributed by atoms with E-state index in [1.165, 1.54) is 6.33 Å². The average Bonchev–Trinajstić information content (AvgIpc) is 2.18. The topological polar surface area (TPSA) is 72.3 Å². The van der Waals surface area contributed by atoms with Crippen molar-refractivity contribution in [3.63, 3.8) is 0 Å². The lowest BCUT2D eigenvalue weighted by molar-refractivity contribution is -0.137. The van der Waals surface area contributed by atoms with Gasteiger partial charge in [-0.15, -0.1) is 0 Å². The minimum atomic E-state index is -0.880. The molecule has 0 saturated carbocycles. The second kappa shape index (κ2) is 5.16. The highest BCUT2D eigenvalue weighted by Crippen LogP contribution is 2.07. The van der Waals surface area contributed by atoms with E-state index in [-0.39, 0.29) is 13.0 Å². The van der Waals surface area contributed by atoms with E-state index in [4.69, 9.17) is 9.84 Å². The van der Waals surface area contributed by atoms with E-state index >= 15 is 0 Å². The standard InChI is InChI=1S/C9H12N2O3/c1-2-7-5-8(11-6-10-7)14-4-3-9(12)13/h5-6H,2-4H2,1H3,(H,12,13). The minimum absolute atomic E-state index is 0.0224. The Labute approximate surface area is 81.8 Å². The van der Waals surface area contributed by atoms with Gasteiger partial charge in [-0.2, -0.15) is 0 Å². The van der Waals surface area contributed by atoms with Crippen LogP contribution in [0.3, 0.4) is 0 Å². The quantitative estimate of drug-likeness (QED) is 0.757. The van der Waals surface area contributed by atoms with Crippen molar-refractivity contribution in [2.75, 3.05) is 6.61 Å². The van der Waals surface area contributed by atoms with Crippen molar-refractivity contribution < 1.29 is 14.6 Å². The van der Waals surface area contributed by atoms with Crippen LogP contribution in [-0.4, -0.2) is 27.7 Å². The number of hydrogen-bond donors (Lipinski definition) is 1. The summed E-state index contributed by atoms with van der Waals surface area (Å²) in [5.41, 5.74) is 0.880. The Morgan fingerprint density at radius 1 is 1.57 bits per heavy atom. The fourth-order valence-electron chi connectivity index (χ4n) is 0.892. The molecule has 5 nitrogen and oxygen atoms in total. The van der Waals surface area contributed by atoms with E-state index in [9.17, 15) is 4.79 Å². The van der Waals surface area contributed by atoms with Crippen LogP contribution in [0.15, 0.2) is 12.4 Å². The molecule has 5 heteroatoms. The van der Waals surface area contributed by atoms with Gasteiger partial charge in [0, 0.05) is 11.8 Å². The van der Waals surface area contributed by atoms with Gasteiger partial charge in [0.25, 0.3) is 0 Å². The van der Waals surface area contributed by atoms with Gasteiger partial charge in [-0.1, -0.05) is 6.92 Å². The Morgan fingerprint density at radius 2 is 2.36 bits per heavy atom. The third kappa shape index (κ3) is 3.38. The Balaban J connectivity index is 2.46. The normalized spacial score (nSPS) is 9.79. The zero-order valence-electron chi connectivity index (χ0n) is 7.93. The van der Waals surface area contributed by atoms with Gasteiger partial charge in [0.05, 0.1) is 6.42 Å². The average molecular weight is 196 g/mol. The van der Waals surface area contributed by atoms with Gasteiger partial charge >= 0.3 is 5.97 Å². The number of ether oxygens (including phenoxy) is 1. The van der Waals surface area contributed by atoms with E-state index in [1.54, 1.807) is 6.07 Å². The first kappa shape index (κ1) is 10.4. The van der Waals surface area contributed by atoms with Crippen molar-refractivity contribution in [1.82, 2.24) is 9.97 Å². The number of rotatable bonds is 5. The maximum atomic E-state index is 10.2. The lowest BCUT2D eigenvalue weighted by Gasteiger charge is -2.03. The van der Waals surface area contributed by atoms with Gasteiger partial charge in [0.2, 0.25) is 5.88 Å². The molecule has 1 aromatic heterocycles. The van der Waals surface area contributed by atoms with Gasteiger partial charge < -0.3 is 9.84 Å². The molecule has 1 rings (SSSR count). The molecule has 0 aliphatic rings. The maximum Gasteiger partial charge on any atom is 0.306 e. The van der Waals surface area contributed by atoms with Gasteiger partial charge in [-0.25, -0.2) is 9.97 Å². The van der Waals surface area contributed by atoms with Gasteiger partial charge in [0.15, 0.2) is 0 Å². The van der Waals surface area contributed by atoms with Crippen LogP contribution in [0.25, 0.3) is 0 Å². The van der Waals surface area contributed by atoms with E-state index in [2.05, 4.69) is 9.97 Å². The summed E-state index contributed by atoms with van der Waals surface area (Å²) >= 11 is 0. The van der Waals surface area contributed by atoms with Crippen LogP contribution in [0.4, 0.5) is 0 Å². The zero-order chi connectivity index (χ0) is 10.4. The highest BCUT2D eigenvalue weighted by molar-refractivity contribution is 5.66. The molecule has 0 fully saturated rings. The monoisotopic (exact) mass is 196 g/mol. The number of carboxylic acids is 1. The highest BCUT2D eigenvalue weighted by atomic mass is 16.5. The third-order valence-electron chi connectivity index (χ3n) is 1.63. The molecule has 0 radical (unpaired) electrons. The first-order valence-corrected chi connectivity index (χ1v) is 4.38. The summed E-state index contributed by atoms with van der Waals surface area (Å²) in [6.45, 7) is 2.11.